The van der Waals surface area contributed by atoms with Crippen LogP contribution in [0.15, 0.2) is 18.2 Å². The Morgan fingerprint density at radius 1 is 1.26 bits per heavy atom. The first kappa shape index (κ1) is 14.5. The largest absolute Gasteiger partial charge is 0.376 e. The van der Waals surface area contributed by atoms with Gasteiger partial charge in [0.2, 0.25) is 0 Å². The van der Waals surface area contributed by atoms with E-state index in [-0.39, 0.29) is 0 Å². The van der Waals surface area contributed by atoms with Crippen LogP contribution in [0.5, 0.6) is 0 Å². The predicted octanol–water partition coefficient (Wildman–Crippen LogP) is 3.91. The van der Waals surface area contributed by atoms with Crippen molar-refractivity contribution in [1.29, 1.82) is 0 Å². The van der Waals surface area contributed by atoms with Crippen molar-refractivity contribution in [3.05, 3.63) is 34.9 Å². The lowest BCUT2D eigenvalue weighted by molar-refractivity contribution is -0.00816. The Hall–Kier alpha value is -0.860. The SMILES string of the molecule is CCCNC(c1ccc(C)c(C)c1)C1CCCCO1. The van der Waals surface area contributed by atoms with Crippen molar-refractivity contribution < 1.29 is 4.74 Å². The van der Waals surface area contributed by atoms with Crippen LogP contribution in [0, 0.1) is 13.8 Å². The van der Waals surface area contributed by atoms with E-state index < -0.39 is 0 Å². The van der Waals surface area contributed by atoms with Crippen molar-refractivity contribution in [3.63, 3.8) is 0 Å². The first-order chi connectivity index (χ1) is 9.22. The van der Waals surface area contributed by atoms with E-state index in [0.717, 1.165) is 19.6 Å². The van der Waals surface area contributed by atoms with Crippen LogP contribution in [-0.4, -0.2) is 19.3 Å². The van der Waals surface area contributed by atoms with Crippen LogP contribution in [0.1, 0.15) is 55.3 Å². The van der Waals surface area contributed by atoms with Crippen LogP contribution in [0.25, 0.3) is 0 Å². The molecule has 0 spiro atoms. The third kappa shape index (κ3) is 3.80. The summed E-state index contributed by atoms with van der Waals surface area (Å²) in [6.45, 7) is 8.55. The Bertz CT molecular complexity index is 396. The number of hydrogen-bond donors (Lipinski definition) is 1. The fraction of sp³-hybridized carbons (Fsp3) is 0.647. The third-order valence-electron chi connectivity index (χ3n) is 4.09. The average molecular weight is 261 g/mol. The van der Waals surface area contributed by atoms with E-state index in [1.165, 1.54) is 36.0 Å². The highest BCUT2D eigenvalue weighted by Crippen LogP contribution is 2.27. The summed E-state index contributed by atoms with van der Waals surface area (Å²) < 4.78 is 6.00. The highest BCUT2D eigenvalue weighted by Gasteiger charge is 2.25. The second-order valence-electron chi connectivity index (χ2n) is 5.68. The molecule has 0 saturated carbocycles. The van der Waals surface area contributed by atoms with Crippen molar-refractivity contribution in [2.45, 2.75) is 58.6 Å². The minimum Gasteiger partial charge on any atom is -0.376 e. The van der Waals surface area contributed by atoms with E-state index in [0.29, 0.717) is 12.1 Å². The monoisotopic (exact) mass is 261 g/mol. The van der Waals surface area contributed by atoms with Gasteiger partial charge in [-0.25, -0.2) is 0 Å². The van der Waals surface area contributed by atoms with E-state index in [1.807, 2.05) is 0 Å². The molecule has 19 heavy (non-hydrogen) atoms. The summed E-state index contributed by atoms with van der Waals surface area (Å²) in [6.07, 6.45) is 5.17. The van der Waals surface area contributed by atoms with Crippen LogP contribution in [0.2, 0.25) is 0 Å². The number of benzene rings is 1. The van der Waals surface area contributed by atoms with Crippen molar-refractivity contribution >= 4 is 0 Å². The fourth-order valence-corrected chi connectivity index (χ4v) is 2.75. The van der Waals surface area contributed by atoms with Crippen molar-refractivity contribution in [3.8, 4) is 0 Å². The summed E-state index contributed by atoms with van der Waals surface area (Å²) in [7, 11) is 0. The smallest absolute Gasteiger partial charge is 0.0769 e. The summed E-state index contributed by atoms with van der Waals surface area (Å²) in [5.74, 6) is 0. The number of ether oxygens (including phenoxy) is 1. The average Bonchev–Trinajstić information content (AvgIpc) is 2.44. The van der Waals surface area contributed by atoms with E-state index in [4.69, 9.17) is 4.74 Å². The lowest BCUT2D eigenvalue weighted by atomic mass is 9.93. The van der Waals surface area contributed by atoms with Gasteiger partial charge in [-0.1, -0.05) is 25.1 Å². The molecule has 1 aliphatic heterocycles. The summed E-state index contributed by atoms with van der Waals surface area (Å²) in [4.78, 5) is 0. The standard InChI is InChI=1S/C17H27NO/c1-4-10-18-17(16-7-5-6-11-19-16)15-9-8-13(2)14(3)12-15/h8-9,12,16-18H,4-7,10-11H2,1-3H3. The van der Waals surface area contributed by atoms with Crippen molar-refractivity contribution in [2.24, 2.45) is 0 Å². The zero-order valence-corrected chi connectivity index (χ0v) is 12.5. The van der Waals surface area contributed by atoms with Gasteiger partial charge in [0.05, 0.1) is 12.1 Å². The van der Waals surface area contributed by atoms with Gasteiger partial charge >= 0.3 is 0 Å². The molecule has 1 saturated heterocycles. The summed E-state index contributed by atoms with van der Waals surface area (Å²) in [6, 6.07) is 7.15. The molecule has 1 aromatic carbocycles. The molecule has 1 N–H and O–H groups in total. The Balaban J connectivity index is 2.17. The molecule has 1 aliphatic rings. The van der Waals surface area contributed by atoms with E-state index in [2.05, 4.69) is 44.3 Å². The zero-order chi connectivity index (χ0) is 13.7. The predicted molar refractivity (Wildman–Crippen MR) is 80.5 cm³/mol. The molecule has 1 fully saturated rings. The Morgan fingerprint density at radius 3 is 2.74 bits per heavy atom. The molecule has 2 unspecified atom stereocenters. The number of hydrogen-bond acceptors (Lipinski definition) is 2. The topological polar surface area (TPSA) is 21.3 Å². The molecule has 2 heteroatoms. The van der Waals surface area contributed by atoms with Crippen LogP contribution in [-0.2, 0) is 4.74 Å². The van der Waals surface area contributed by atoms with Crippen LogP contribution in [0.3, 0.4) is 0 Å². The normalized spacial score (nSPS) is 21.3. The Morgan fingerprint density at radius 2 is 2.11 bits per heavy atom. The van der Waals surface area contributed by atoms with Gasteiger partial charge in [-0.05, 0) is 62.8 Å². The van der Waals surface area contributed by atoms with Gasteiger partial charge in [-0.15, -0.1) is 0 Å². The van der Waals surface area contributed by atoms with E-state index in [9.17, 15) is 0 Å². The number of rotatable bonds is 5. The summed E-state index contributed by atoms with van der Waals surface area (Å²) in [5, 5.41) is 3.68. The number of nitrogens with one attached hydrogen (secondary N) is 1. The maximum absolute atomic E-state index is 6.00. The molecule has 1 aromatic rings. The molecule has 0 amide bonds. The maximum atomic E-state index is 6.00. The molecule has 2 rings (SSSR count). The molecule has 0 aliphatic carbocycles. The second-order valence-corrected chi connectivity index (χ2v) is 5.68. The van der Waals surface area contributed by atoms with Crippen LogP contribution < -0.4 is 5.32 Å². The summed E-state index contributed by atoms with van der Waals surface area (Å²) in [5.41, 5.74) is 4.11. The quantitative estimate of drug-likeness (QED) is 0.867. The highest BCUT2D eigenvalue weighted by atomic mass is 16.5. The second kappa shape index (κ2) is 7.06. The van der Waals surface area contributed by atoms with Gasteiger partial charge in [0.1, 0.15) is 0 Å². The lowest BCUT2D eigenvalue weighted by Gasteiger charge is -2.32. The van der Waals surface area contributed by atoms with Crippen molar-refractivity contribution in [1.82, 2.24) is 5.32 Å². The molecule has 106 valence electrons. The Kier molecular flexibility index (Phi) is 5.41. The van der Waals surface area contributed by atoms with Crippen molar-refractivity contribution in [2.75, 3.05) is 13.2 Å². The molecular weight excluding hydrogens is 234 g/mol. The van der Waals surface area contributed by atoms with Gasteiger partial charge in [0.15, 0.2) is 0 Å². The van der Waals surface area contributed by atoms with Gasteiger partial charge in [0.25, 0.3) is 0 Å². The molecule has 2 atom stereocenters. The molecule has 0 aromatic heterocycles. The lowest BCUT2D eigenvalue weighted by Crippen LogP contribution is -2.36. The van der Waals surface area contributed by atoms with Crippen LogP contribution >= 0.6 is 0 Å². The molecule has 0 radical (unpaired) electrons. The first-order valence-electron chi connectivity index (χ1n) is 7.64. The minimum absolute atomic E-state index is 0.336. The molecular formula is C17H27NO. The van der Waals surface area contributed by atoms with Gasteiger partial charge in [-0.2, -0.15) is 0 Å². The molecule has 1 heterocycles. The van der Waals surface area contributed by atoms with Gasteiger partial charge in [-0.3, -0.25) is 0 Å². The molecule has 2 nitrogen and oxygen atoms in total. The fourth-order valence-electron chi connectivity index (χ4n) is 2.75. The first-order valence-corrected chi connectivity index (χ1v) is 7.64. The Labute approximate surface area is 117 Å². The van der Waals surface area contributed by atoms with E-state index in [1.54, 1.807) is 0 Å². The maximum Gasteiger partial charge on any atom is 0.0769 e. The summed E-state index contributed by atoms with van der Waals surface area (Å²) >= 11 is 0. The van der Waals surface area contributed by atoms with Gasteiger partial charge in [0, 0.05) is 6.61 Å². The van der Waals surface area contributed by atoms with Crippen LogP contribution in [0.4, 0.5) is 0 Å². The highest BCUT2D eigenvalue weighted by molar-refractivity contribution is 5.32. The van der Waals surface area contributed by atoms with E-state index >= 15 is 0 Å². The minimum atomic E-state index is 0.336. The number of aryl methyl sites for hydroxylation is 2. The zero-order valence-electron chi connectivity index (χ0n) is 12.5. The molecule has 0 bridgehead atoms. The van der Waals surface area contributed by atoms with Gasteiger partial charge < -0.3 is 10.1 Å². The third-order valence-corrected chi connectivity index (χ3v) is 4.09.